The average molecular weight is 626 g/mol. The molecule has 0 atom stereocenters. The Morgan fingerprint density at radius 2 is 1.51 bits per heavy atom. The lowest BCUT2D eigenvalue weighted by Gasteiger charge is -2.43. The highest BCUT2D eigenvalue weighted by Crippen LogP contribution is 2.38. The molecule has 0 bridgehead atoms. The number of hydrogen-bond donors (Lipinski definition) is 0. The lowest BCUT2D eigenvalue weighted by Crippen LogP contribution is -2.45. The molecule has 4 aromatic carbocycles. The molecule has 1 aliphatic heterocycles. The van der Waals surface area contributed by atoms with Crippen LogP contribution in [0.2, 0.25) is 0 Å². The smallest absolute Gasteiger partial charge is 0.120 e. The van der Waals surface area contributed by atoms with Gasteiger partial charge in [-0.15, -0.1) is 0 Å². The van der Waals surface area contributed by atoms with Gasteiger partial charge in [0, 0.05) is 53.5 Å². The fourth-order valence-electron chi connectivity index (χ4n) is 8.22. The Morgan fingerprint density at radius 3 is 2.30 bits per heavy atom. The Labute approximate surface area is 281 Å². The second-order valence-electron chi connectivity index (χ2n) is 14.3. The molecule has 0 spiro atoms. The van der Waals surface area contributed by atoms with Gasteiger partial charge in [-0.1, -0.05) is 92.6 Å². The minimum Gasteiger partial charge on any atom is -0.490 e. The van der Waals surface area contributed by atoms with Crippen molar-refractivity contribution in [3.05, 3.63) is 120 Å². The van der Waals surface area contributed by atoms with Gasteiger partial charge in [-0.2, -0.15) is 0 Å². The molecule has 2 heterocycles. The molecule has 0 radical (unpaired) electrons. The molecule has 2 fully saturated rings. The Kier molecular flexibility index (Phi) is 9.51. The van der Waals surface area contributed by atoms with Crippen molar-refractivity contribution in [3.63, 3.8) is 0 Å². The molecule has 1 aliphatic carbocycles. The van der Waals surface area contributed by atoms with Crippen LogP contribution in [0.1, 0.15) is 74.5 Å². The van der Waals surface area contributed by atoms with Crippen molar-refractivity contribution in [2.45, 2.75) is 82.5 Å². The van der Waals surface area contributed by atoms with Crippen molar-refractivity contribution in [2.75, 3.05) is 27.2 Å². The van der Waals surface area contributed by atoms with E-state index < -0.39 is 0 Å². The first kappa shape index (κ1) is 31.7. The van der Waals surface area contributed by atoms with Crippen LogP contribution in [-0.2, 0) is 13.1 Å². The molecule has 4 nitrogen and oxygen atoms in total. The number of aromatic nitrogens is 1. The molecule has 1 saturated carbocycles. The third kappa shape index (κ3) is 7.05. The molecular formula is C43H51N3O. The Morgan fingerprint density at radius 1 is 0.766 bits per heavy atom. The van der Waals surface area contributed by atoms with Crippen molar-refractivity contribution in [1.29, 1.82) is 0 Å². The average Bonchev–Trinajstić information content (AvgIpc) is 3.41. The molecule has 4 heteroatoms. The van der Waals surface area contributed by atoms with Gasteiger partial charge in [0.05, 0.1) is 0 Å². The summed E-state index contributed by atoms with van der Waals surface area (Å²) in [5, 5.41) is 2.69. The fourth-order valence-corrected chi connectivity index (χ4v) is 8.22. The first-order valence-corrected chi connectivity index (χ1v) is 17.9. The SMILES string of the molecule is C=C(CCC1(N(C)C)CCCCC1)c1cccc(OC2CCN(Cc3ccc4c(c3)c3ccccc3n4Cc3ccccc3)CC2)c1. The normalized spacial score (nSPS) is 17.4. The molecule has 0 amide bonds. The van der Waals surface area contributed by atoms with Gasteiger partial charge >= 0.3 is 0 Å². The van der Waals surface area contributed by atoms with Gasteiger partial charge in [-0.3, -0.25) is 4.90 Å². The van der Waals surface area contributed by atoms with E-state index in [4.69, 9.17) is 4.74 Å². The zero-order valence-electron chi connectivity index (χ0n) is 28.5. The number of ether oxygens (including phenoxy) is 1. The molecule has 1 aromatic heterocycles. The van der Waals surface area contributed by atoms with Crippen LogP contribution in [0, 0.1) is 0 Å². The van der Waals surface area contributed by atoms with E-state index in [9.17, 15) is 0 Å². The van der Waals surface area contributed by atoms with Gasteiger partial charge in [0.15, 0.2) is 0 Å². The van der Waals surface area contributed by atoms with Crippen molar-refractivity contribution < 1.29 is 4.74 Å². The van der Waals surface area contributed by atoms with Gasteiger partial charge in [0.1, 0.15) is 11.9 Å². The Bertz CT molecular complexity index is 1810. The summed E-state index contributed by atoms with van der Waals surface area (Å²) in [6.45, 7) is 8.47. The summed E-state index contributed by atoms with van der Waals surface area (Å²) in [6, 6.07) is 35.4. The van der Waals surface area contributed by atoms with Gasteiger partial charge in [-0.25, -0.2) is 0 Å². The first-order chi connectivity index (χ1) is 23.0. The van der Waals surface area contributed by atoms with E-state index in [-0.39, 0.29) is 6.10 Å². The quantitative estimate of drug-likeness (QED) is 0.146. The lowest BCUT2D eigenvalue weighted by molar-refractivity contribution is 0.0921. The van der Waals surface area contributed by atoms with Gasteiger partial charge in [0.2, 0.25) is 0 Å². The second-order valence-corrected chi connectivity index (χ2v) is 14.3. The highest BCUT2D eigenvalue weighted by atomic mass is 16.5. The monoisotopic (exact) mass is 625 g/mol. The Hall–Kier alpha value is -3.86. The molecule has 1 saturated heterocycles. The molecule has 47 heavy (non-hydrogen) atoms. The van der Waals surface area contributed by atoms with E-state index in [1.165, 1.54) is 82.6 Å². The molecule has 244 valence electrons. The number of nitrogens with zero attached hydrogens (tertiary/aromatic N) is 3. The second kappa shape index (κ2) is 14.1. The van der Waals surface area contributed by atoms with E-state index in [2.05, 4.69) is 132 Å². The predicted octanol–water partition coefficient (Wildman–Crippen LogP) is 9.94. The number of fused-ring (bicyclic) bond motifs is 3. The van der Waals surface area contributed by atoms with E-state index in [0.717, 1.165) is 51.2 Å². The van der Waals surface area contributed by atoms with Crippen molar-refractivity contribution >= 4 is 27.4 Å². The number of likely N-dealkylation sites (tertiary alicyclic amines) is 1. The van der Waals surface area contributed by atoms with Crippen molar-refractivity contribution in [1.82, 2.24) is 14.4 Å². The largest absolute Gasteiger partial charge is 0.490 e. The topological polar surface area (TPSA) is 20.6 Å². The minimum absolute atomic E-state index is 0.257. The van der Waals surface area contributed by atoms with E-state index >= 15 is 0 Å². The third-order valence-corrected chi connectivity index (χ3v) is 11.1. The highest BCUT2D eigenvalue weighted by Gasteiger charge is 2.33. The summed E-state index contributed by atoms with van der Waals surface area (Å²) < 4.78 is 9.04. The summed E-state index contributed by atoms with van der Waals surface area (Å²) in [5.74, 6) is 0.986. The zero-order valence-corrected chi connectivity index (χ0v) is 28.5. The molecule has 5 aromatic rings. The van der Waals surface area contributed by atoms with Crippen LogP contribution in [0.5, 0.6) is 5.75 Å². The fraction of sp³-hybridized carbons (Fsp3) is 0.395. The first-order valence-electron chi connectivity index (χ1n) is 17.9. The maximum absolute atomic E-state index is 6.58. The summed E-state index contributed by atoms with van der Waals surface area (Å²) in [5.41, 5.74) is 8.11. The standard InChI is InChI=1S/C43H51N3O/c1-33(21-26-43(44(2)3)24-10-5-11-25-43)36-15-12-16-38(30-36)47-37-22-27-45(28-23-37)31-35-19-20-42-40(29-35)39-17-8-9-18-41(39)46(42)32-34-13-6-4-7-14-34/h4,6-9,12-20,29-30,37H,1,5,10-11,21-28,31-32H2,2-3H3. The van der Waals surface area contributed by atoms with Crippen molar-refractivity contribution in [2.24, 2.45) is 0 Å². The maximum atomic E-state index is 6.58. The minimum atomic E-state index is 0.257. The Balaban J connectivity index is 0.958. The van der Waals surface area contributed by atoms with Crippen LogP contribution in [0.4, 0.5) is 0 Å². The summed E-state index contributed by atoms with van der Waals surface area (Å²) in [6.07, 6.45) is 11.3. The number of hydrogen-bond acceptors (Lipinski definition) is 3. The number of para-hydroxylation sites is 1. The number of allylic oxidation sites excluding steroid dienone is 1. The van der Waals surface area contributed by atoms with Crippen LogP contribution in [0.25, 0.3) is 27.4 Å². The van der Waals surface area contributed by atoms with Gasteiger partial charge in [0.25, 0.3) is 0 Å². The van der Waals surface area contributed by atoms with E-state index in [0.29, 0.717) is 5.54 Å². The predicted molar refractivity (Wildman–Crippen MR) is 198 cm³/mol. The molecular weight excluding hydrogens is 574 g/mol. The summed E-state index contributed by atoms with van der Waals surface area (Å²) in [4.78, 5) is 5.07. The molecule has 0 N–H and O–H groups in total. The van der Waals surface area contributed by atoms with E-state index in [1.807, 2.05) is 0 Å². The van der Waals surface area contributed by atoms with Crippen LogP contribution in [0.15, 0.2) is 104 Å². The van der Waals surface area contributed by atoms with Crippen LogP contribution in [0.3, 0.4) is 0 Å². The molecule has 7 rings (SSSR count). The van der Waals surface area contributed by atoms with Crippen LogP contribution < -0.4 is 4.74 Å². The number of rotatable bonds is 11. The third-order valence-electron chi connectivity index (χ3n) is 11.1. The molecule has 0 unspecified atom stereocenters. The van der Waals surface area contributed by atoms with Crippen LogP contribution in [-0.4, -0.2) is 53.2 Å². The lowest BCUT2D eigenvalue weighted by atomic mass is 9.76. The number of piperidine rings is 1. The summed E-state index contributed by atoms with van der Waals surface area (Å²) >= 11 is 0. The zero-order chi connectivity index (χ0) is 32.2. The highest BCUT2D eigenvalue weighted by molar-refractivity contribution is 6.08. The van der Waals surface area contributed by atoms with Crippen LogP contribution >= 0.6 is 0 Å². The van der Waals surface area contributed by atoms with Gasteiger partial charge in [-0.05, 0) is 105 Å². The summed E-state index contributed by atoms with van der Waals surface area (Å²) in [7, 11) is 4.53. The van der Waals surface area contributed by atoms with Crippen molar-refractivity contribution in [3.8, 4) is 5.75 Å². The maximum Gasteiger partial charge on any atom is 0.120 e. The van der Waals surface area contributed by atoms with E-state index in [1.54, 1.807) is 0 Å². The number of benzene rings is 4. The molecule has 2 aliphatic rings. The van der Waals surface area contributed by atoms with Gasteiger partial charge < -0.3 is 14.2 Å².